The maximum atomic E-state index is 5.53. The van der Waals surface area contributed by atoms with Crippen LogP contribution in [0.5, 0.6) is 0 Å². The highest BCUT2D eigenvalue weighted by molar-refractivity contribution is 5.20. The van der Waals surface area contributed by atoms with Crippen molar-refractivity contribution in [3.8, 4) is 0 Å². The summed E-state index contributed by atoms with van der Waals surface area (Å²) < 4.78 is 0. The van der Waals surface area contributed by atoms with Gasteiger partial charge in [-0.15, -0.1) is 0 Å². The summed E-state index contributed by atoms with van der Waals surface area (Å²) in [5.41, 5.74) is 6.96. The molecule has 0 aliphatic heterocycles. The lowest BCUT2D eigenvalue weighted by atomic mass is 9.97. The summed E-state index contributed by atoms with van der Waals surface area (Å²) in [6.45, 7) is 3.04. The fourth-order valence-corrected chi connectivity index (χ4v) is 1.89. The first-order valence-electron chi connectivity index (χ1n) is 5.42. The first kappa shape index (κ1) is 10.5. The largest absolute Gasteiger partial charge is 0.330 e. The van der Waals surface area contributed by atoms with Crippen LogP contribution in [0.3, 0.4) is 0 Å². The molecule has 0 amide bonds. The van der Waals surface area contributed by atoms with E-state index in [4.69, 9.17) is 5.73 Å². The number of allylic oxidation sites excluding steroid dienone is 3. The van der Waals surface area contributed by atoms with Gasteiger partial charge in [-0.25, -0.2) is 0 Å². The number of rotatable bonds is 4. The van der Waals surface area contributed by atoms with Crippen molar-refractivity contribution in [3.05, 3.63) is 23.8 Å². The average molecular weight is 179 g/mol. The van der Waals surface area contributed by atoms with E-state index < -0.39 is 0 Å². The van der Waals surface area contributed by atoms with Crippen LogP contribution < -0.4 is 5.73 Å². The van der Waals surface area contributed by atoms with Crippen LogP contribution in [0.25, 0.3) is 0 Å². The predicted molar refractivity (Wildman–Crippen MR) is 58.5 cm³/mol. The molecule has 0 radical (unpaired) electrons. The molecule has 0 unspecified atom stereocenters. The second-order valence-electron chi connectivity index (χ2n) is 3.85. The topological polar surface area (TPSA) is 26.0 Å². The van der Waals surface area contributed by atoms with Crippen molar-refractivity contribution in [3.63, 3.8) is 0 Å². The molecule has 0 saturated heterocycles. The molecule has 0 saturated carbocycles. The van der Waals surface area contributed by atoms with Gasteiger partial charge in [0, 0.05) is 0 Å². The molecule has 0 bridgehead atoms. The fraction of sp³-hybridized carbons (Fsp3) is 0.667. The van der Waals surface area contributed by atoms with Gasteiger partial charge in [0.25, 0.3) is 0 Å². The van der Waals surface area contributed by atoms with Crippen molar-refractivity contribution < 1.29 is 0 Å². The highest BCUT2D eigenvalue weighted by atomic mass is 14.5. The van der Waals surface area contributed by atoms with E-state index in [2.05, 4.69) is 25.2 Å². The molecule has 1 nitrogen and oxygen atoms in total. The Kier molecular flexibility index (Phi) is 4.84. The van der Waals surface area contributed by atoms with Crippen LogP contribution in [0.1, 0.15) is 39.0 Å². The second kappa shape index (κ2) is 5.98. The van der Waals surface area contributed by atoms with Gasteiger partial charge in [-0.3, -0.25) is 0 Å². The summed E-state index contributed by atoms with van der Waals surface area (Å²) in [4.78, 5) is 0. The van der Waals surface area contributed by atoms with Crippen LogP contribution in [0.2, 0.25) is 0 Å². The van der Waals surface area contributed by atoms with E-state index in [9.17, 15) is 0 Å². The van der Waals surface area contributed by atoms with E-state index in [1.54, 1.807) is 0 Å². The minimum atomic E-state index is 0.772. The van der Waals surface area contributed by atoms with Crippen LogP contribution in [0.15, 0.2) is 23.8 Å². The third kappa shape index (κ3) is 3.77. The first-order chi connectivity index (χ1) is 6.36. The van der Waals surface area contributed by atoms with Crippen molar-refractivity contribution in [2.24, 2.45) is 11.7 Å². The van der Waals surface area contributed by atoms with Gasteiger partial charge in [0.1, 0.15) is 0 Å². The number of hydrogen-bond donors (Lipinski definition) is 1. The lowest BCUT2D eigenvalue weighted by Crippen LogP contribution is -1.99. The molecule has 0 heterocycles. The molecule has 0 aromatic rings. The third-order valence-corrected chi connectivity index (χ3v) is 2.64. The molecule has 0 aromatic carbocycles. The van der Waals surface area contributed by atoms with Crippen molar-refractivity contribution >= 4 is 0 Å². The molecule has 0 spiro atoms. The van der Waals surface area contributed by atoms with E-state index in [0.717, 1.165) is 18.9 Å². The van der Waals surface area contributed by atoms with Gasteiger partial charge >= 0.3 is 0 Å². The van der Waals surface area contributed by atoms with Gasteiger partial charge in [0.2, 0.25) is 0 Å². The molecular formula is C12H21N. The molecule has 1 rings (SSSR count). The van der Waals surface area contributed by atoms with Gasteiger partial charge in [-0.2, -0.15) is 0 Å². The molecule has 74 valence electrons. The molecule has 0 fully saturated rings. The first-order valence-corrected chi connectivity index (χ1v) is 5.42. The van der Waals surface area contributed by atoms with E-state index in [1.807, 2.05) is 0 Å². The number of hydrogen-bond acceptors (Lipinski definition) is 1. The zero-order valence-corrected chi connectivity index (χ0v) is 8.63. The Morgan fingerprint density at radius 3 is 3.00 bits per heavy atom. The van der Waals surface area contributed by atoms with Crippen molar-refractivity contribution in [2.45, 2.75) is 39.0 Å². The Labute approximate surface area is 81.7 Å². The van der Waals surface area contributed by atoms with Crippen molar-refractivity contribution in [1.82, 2.24) is 0 Å². The molecular weight excluding hydrogens is 158 g/mol. The van der Waals surface area contributed by atoms with Crippen molar-refractivity contribution in [2.75, 3.05) is 6.54 Å². The zero-order chi connectivity index (χ0) is 9.52. The standard InChI is InChI=1S/C12H21N/c1-2-4-11-5-3-6-12(8-7-11)9-10-13/h3,6,8,11H,2,4-5,7,9-10,13H2,1H3/t11-/m1/s1. The Bertz CT molecular complexity index is 191. The maximum absolute atomic E-state index is 5.53. The maximum Gasteiger partial charge on any atom is -0.00368 e. The smallest absolute Gasteiger partial charge is 0.00368 e. The van der Waals surface area contributed by atoms with Crippen LogP contribution in [0.4, 0.5) is 0 Å². The highest BCUT2D eigenvalue weighted by Gasteiger charge is 2.07. The van der Waals surface area contributed by atoms with Gasteiger partial charge in [0.05, 0.1) is 0 Å². The molecule has 1 atom stereocenters. The Morgan fingerprint density at radius 2 is 2.31 bits per heavy atom. The van der Waals surface area contributed by atoms with Gasteiger partial charge in [0.15, 0.2) is 0 Å². The third-order valence-electron chi connectivity index (χ3n) is 2.64. The SMILES string of the molecule is CCC[C@@H]1CC=CC(CCN)=CC1. The quantitative estimate of drug-likeness (QED) is 0.705. The number of nitrogens with two attached hydrogens (primary N) is 1. The predicted octanol–water partition coefficient (Wildman–Crippen LogP) is 3.03. The molecule has 0 aromatic heterocycles. The Hall–Kier alpha value is -0.560. The molecule has 13 heavy (non-hydrogen) atoms. The van der Waals surface area contributed by atoms with E-state index in [1.165, 1.54) is 31.3 Å². The minimum Gasteiger partial charge on any atom is -0.330 e. The van der Waals surface area contributed by atoms with E-state index in [-0.39, 0.29) is 0 Å². The summed E-state index contributed by atoms with van der Waals surface area (Å²) in [6.07, 6.45) is 13.1. The zero-order valence-electron chi connectivity index (χ0n) is 8.63. The van der Waals surface area contributed by atoms with Crippen LogP contribution in [0, 0.1) is 5.92 Å². The fourth-order valence-electron chi connectivity index (χ4n) is 1.89. The molecule has 1 aliphatic carbocycles. The average Bonchev–Trinajstić information content (AvgIpc) is 2.33. The second-order valence-corrected chi connectivity index (χ2v) is 3.85. The van der Waals surface area contributed by atoms with Crippen molar-refractivity contribution in [1.29, 1.82) is 0 Å². The van der Waals surface area contributed by atoms with Gasteiger partial charge < -0.3 is 5.73 Å². The highest BCUT2D eigenvalue weighted by Crippen LogP contribution is 2.22. The Balaban J connectivity index is 2.43. The van der Waals surface area contributed by atoms with Crippen LogP contribution >= 0.6 is 0 Å². The molecule has 1 heteroatoms. The molecule has 2 N–H and O–H groups in total. The summed E-state index contributed by atoms with van der Waals surface area (Å²) in [7, 11) is 0. The Morgan fingerprint density at radius 1 is 1.46 bits per heavy atom. The normalized spacial score (nSPS) is 22.6. The lowest BCUT2D eigenvalue weighted by molar-refractivity contribution is 0.493. The monoisotopic (exact) mass is 179 g/mol. The summed E-state index contributed by atoms with van der Waals surface area (Å²) >= 11 is 0. The summed E-state index contributed by atoms with van der Waals surface area (Å²) in [6, 6.07) is 0. The van der Waals surface area contributed by atoms with Crippen LogP contribution in [-0.4, -0.2) is 6.54 Å². The van der Waals surface area contributed by atoms with Crippen LogP contribution in [-0.2, 0) is 0 Å². The summed E-state index contributed by atoms with van der Waals surface area (Å²) in [5.74, 6) is 0.872. The minimum absolute atomic E-state index is 0.772. The summed E-state index contributed by atoms with van der Waals surface area (Å²) in [5, 5.41) is 0. The lowest BCUT2D eigenvalue weighted by Gasteiger charge is -2.09. The van der Waals surface area contributed by atoms with E-state index in [0.29, 0.717) is 0 Å². The van der Waals surface area contributed by atoms with E-state index >= 15 is 0 Å². The molecule has 1 aliphatic rings. The van der Waals surface area contributed by atoms with Gasteiger partial charge in [-0.1, -0.05) is 43.6 Å². The van der Waals surface area contributed by atoms with Gasteiger partial charge in [-0.05, 0) is 31.7 Å².